The highest BCUT2D eigenvalue weighted by Crippen LogP contribution is 2.17. The maximum atomic E-state index is 11.9. The van der Waals surface area contributed by atoms with Gasteiger partial charge in [0.25, 0.3) is 5.56 Å². The topological polar surface area (TPSA) is 86.2 Å². The third-order valence-electron chi connectivity index (χ3n) is 1.92. The number of rotatable bonds is 0. The predicted octanol–water partition coefficient (Wildman–Crippen LogP) is 0.426. The van der Waals surface area contributed by atoms with Crippen LogP contribution in [0.15, 0.2) is 4.79 Å². The molecule has 0 bridgehead atoms. The van der Waals surface area contributed by atoms with E-state index in [1.807, 2.05) is 20.8 Å². The van der Waals surface area contributed by atoms with Crippen molar-refractivity contribution >= 4 is 21.4 Å². The molecule has 2 aromatic heterocycles. The van der Waals surface area contributed by atoms with E-state index in [1.165, 1.54) is 4.52 Å². The lowest BCUT2D eigenvalue weighted by Gasteiger charge is -2.14. The highest BCUT2D eigenvalue weighted by Gasteiger charge is 2.22. The van der Waals surface area contributed by atoms with Gasteiger partial charge in [-0.15, -0.1) is 15.3 Å². The van der Waals surface area contributed by atoms with Gasteiger partial charge in [0.2, 0.25) is 10.1 Å². The van der Waals surface area contributed by atoms with Crippen molar-refractivity contribution < 1.29 is 0 Å². The molecule has 0 amide bonds. The largest absolute Gasteiger partial charge is 0.374 e. The summed E-state index contributed by atoms with van der Waals surface area (Å²) in [7, 11) is 0. The van der Waals surface area contributed by atoms with Crippen molar-refractivity contribution in [1.29, 1.82) is 0 Å². The average molecular weight is 225 g/mol. The molecular weight excluding hydrogens is 214 g/mol. The summed E-state index contributed by atoms with van der Waals surface area (Å²) in [5.74, 6) is 0. The molecule has 2 rings (SSSR count). The zero-order valence-corrected chi connectivity index (χ0v) is 9.50. The van der Waals surface area contributed by atoms with E-state index in [9.17, 15) is 4.79 Å². The van der Waals surface area contributed by atoms with Crippen molar-refractivity contribution in [2.24, 2.45) is 0 Å². The summed E-state index contributed by atoms with van der Waals surface area (Å²) in [4.78, 5) is 12.4. The van der Waals surface area contributed by atoms with Crippen LogP contribution in [0.3, 0.4) is 0 Å². The molecule has 0 atom stereocenters. The molecule has 0 spiro atoms. The molecule has 0 aliphatic carbocycles. The summed E-state index contributed by atoms with van der Waals surface area (Å²) in [6, 6.07) is 0. The molecular formula is C8H11N5OS. The first kappa shape index (κ1) is 10.0. The highest BCUT2D eigenvalue weighted by atomic mass is 32.1. The fourth-order valence-electron chi connectivity index (χ4n) is 1.20. The molecule has 0 saturated heterocycles. The van der Waals surface area contributed by atoms with Crippen LogP contribution < -0.4 is 11.3 Å². The van der Waals surface area contributed by atoms with Crippen molar-refractivity contribution in [2.75, 3.05) is 5.73 Å². The molecule has 0 aromatic carbocycles. The summed E-state index contributed by atoms with van der Waals surface area (Å²) in [6.45, 7) is 5.71. The second-order valence-electron chi connectivity index (χ2n) is 4.24. The Labute approximate surface area is 89.8 Å². The molecule has 0 aliphatic heterocycles. The molecule has 80 valence electrons. The Morgan fingerprint density at radius 3 is 2.60 bits per heavy atom. The molecule has 2 N–H and O–H groups in total. The quantitative estimate of drug-likeness (QED) is 0.702. The van der Waals surface area contributed by atoms with Crippen molar-refractivity contribution in [3.05, 3.63) is 16.0 Å². The van der Waals surface area contributed by atoms with Crippen LogP contribution >= 0.6 is 11.3 Å². The van der Waals surface area contributed by atoms with E-state index in [0.29, 0.717) is 15.8 Å². The van der Waals surface area contributed by atoms with Gasteiger partial charge in [-0.1, -0.05) is 32.1 Å². The standard InChI is InChI=1S/C8H11N5OS/c1-8(2,3)4-5(14)13-7(11-10-4)15-6(9)12-13/h1-3H3,(H2,9,12). The van der Waals surface area contributed by atoms with Crippen LogP contribution in [-0.2, 0) is 5.41 Å². The molecule has 2 aromatic rings. The van der Waals surface area contributed by atoms with Crippen LogP contribution in [0.2, 0.25) is 0 Å². The fraction of sp³-hybridized carbons (Fsp3) is 0.500. The van der Waals surface area contributed by atoms with Crippen molar-refractivity contribution in [1.82, 2.24) is 19.8 Å². The van der Waals surface area contributed by atoms with Crippen molar-refractivity contribution in [3.8, 4) is 0 Å². The van der Waals surface area contributed by atoms with Gasteiger partial charge in [-0.05, 0) is 0 Å². The summed E-state index contributed by atoms with van der Waals surface area (Å²) in [5, 5.41) is 12.0. The van der Waals surface area contributed by atoms with E-state index in [2.05, 4.69) is 15.3 Å². The van der Waals surface area contributed by atoms with Gasteiger partial charge in [0.05, 0.1) is 0 Å². The Bertz CT molecular complexity index is 564. The number of hydrogen-bond donors (Lipinski definition) is 1. The van der Waals surface area contributed by atoms with E-state index in [0.717, 1.165) is 11.3 Å². The minimum atomic E-state index is -0.344. The Balaban J connectivity index is 2.82. The first-order valence-electron chi connectivity index (χ1n) is 4.42. The van der Waals surface area contributed by atoms with Gasteiger partial charge in [0.15, 0.2) is 0 Å². The summed E-state index contributed by atoms with van der Waals surface area (Å²) in [6.07, 6.45) is 0. The Morgan fingerprint density at radius 1 is 1.33 bits per heavy atom. The van der Waals surface area contributed by atoms with E-state index in [1.54, 1.807) is 0 Å². The SMILES string of the molecule is CC(C)(C)c1nnc2sc(N)nn2c1=O. The predicted molar refractivity (Wildman–Crippen MR) is 58.0 cm³/mol. The van der Waals surface area contributed by atoms with Gasteiger partial charge in [0.1, 0.15) is 5.69 Å². The van der Waals surface area contributed by atoms with E-state index >= 15 is 0 Å². The first-order chi connectivity index (χ1) is 6.89. The molecule has 2 heterocycles. The van der Waals surface area contributed by atoms with Gasteiger partial charge in [0, 0.05) is 5.41 Å². The number of nitrogens with two attached hydrogens (primary N) is 1. The van der Waals surface area contributed by atoms with Crippen LogP contribution in [0.5, 0.6) is 0 Å². The summed E-state index contributed by atoms with van der Waals surface area (Å²) >= 11 is 1.14. The number of fused-ring (bicyclic) bond motifs is 1. The van der Waals surface area contributed by atoms with Crippen LogP contribution in [0.4, 0.5) is 5.13 Å². The minimum absolute atomic E-state index is 0.250. The summed E-state index contributed by atoms with van der Waals surface area (Å²) in [5.41, 5.74) is 5.30. The number of aromatic nitrogens is 4. The summed E-state index contributed by atoms with van der Waals surface area (Å²) < 4.78 is 1.20. The Hall–Kier alpha value is -1.50. The Morgan fingerprint density at radius 2 is 2.00 bits per heavy atom. The smallest absolute Gasteiger partial charge is 0.297 e. The van der Waals surface area contributed by atoms with Gasteiger partial charge < -0.3 is 5.73 Å². The zero-order chi connectivity index (χ0) is 11.2. The second-order valence-corrected chi connectivity index (χ2v) is 5.23. The maximum Gasteiger partial charge on any atom is 0.297 e. The van der Waals surface area contributed by atoms with Gasteiger partial charge in [-0.2, -0.15) is 4.52 Å². The van der Waals surface area contributed by atoms with Crippen LogP contribution in [-0.4, -0.2) is 19.8 Å². The maximum absolute atomic E-state index is 11.9. The second kappa shape index (κ2) is 2.99. The number of anilines is 1. The molecule has 6 nitrogen and oxygen atoms in total. The lowest BCUT2D eigenvalue weighted by Crippen LogP contribution is -2.30. The number of nitrogen functional groups attached to an aromatic ring is 1. The molecule has 0 unspecified atom stereocenters. The third-order valence-corrected chi connectivity index (χ3v) is 2.64. The number of nitrogens with zero attached hydrogens (tertiary/aromatic N) is 4. The fourth-order valence-corrected chi connectivity index (χ4v) is 1.80. The first-order valence-corrected chi connectivity index (χ1v) is 5.24. The average Bonchev–Trinajstić information content (AvgIpc) is 2.44. The molecule has 15 heavy (non-hydrogen) atoms. The van der Waals surface area contributed by atoms with E-state index in [4.69, 9.17) is 5.73 Å². The van der Waals surface area contributed by atoms with Crippen LogP contribution in [0.1, 0.15) is 26.5 Å². The van der Waals surface area contributed by atoms with Gasteiger partial charge in [-0.3, -0.25) is 4.79 Å². The molecule has 0 fully saturated rings. The normalized spacial score (nSPS) is 12.2. The highest BCUT2D eigenvalue weighted by molar-refractivity contribution is 7.20. The van der Waals surface area contributed by atoms with Gasteiger partial charge >= 0.3 is 0 Å². The van der Waals surface area contributed by atoms with E-state index in [-0.39, 0.29) is 11.0 Å². The minimum Gasteiger partial charge on any atom is -0.374 e. The molecule has 0 radical (unpaired) electrons. The van der Waals surface area contributed by atoms with Crippen LogP contribution in [0, 0.1) is 0 Å². The van der Waals surface area contributed by atoms with Crippen molar-refractivity contribution in [2.45, 2.75) is 26.2 Å². The van der Waals surface area contributed by atoms with Crippen LogP contribution in [0.25, 0.3) is 4.96 Å². The molecule has 0 saturated carbocycles. The van der Waals surface area contributed by atoms with Gasteiger partial charge in [-0.25, -0.2) is 0 Å². The molecule has 7 heteroatoms. The monoisotopic (exact) mass is 225 g/mol. The lowest BCUT2D eigenvalue weighted by atomic mass is 9.93. The van der Waals surface area contributed by atoms with E-state index < -0.39 is 0 Å². The Kier molecular flexibility index (Phi) is 2.00. The molecule has 0 aliphatic rings. The lowest BCUT2D eigenvalue weighted by molar-refractivity contribution is 0.542. The van der Waals surface area contributed by atoms with Crippen molar-refractivity contribution in [3.63, 3.8) is 0 Å². The third kappa shape index (κ3) is 1.58. The number of hydrogen-bond acceptors (Lipinski definition) is 6. The zero-order valence-electron chi connectivity index (χ0n) is 8.68.